The summed E-state index contributed by atoms with van der Waals surface area (Å²) in [6.07, 6.45) is 0.665. The summed E-state index contributed by atoms with van der Waals surface area (Å²) in [7, 11) is 0. The summed E-state index contributed by atoms with van der Waals surface area (Å²) in [6.45, 7) is 2.30. The van der Waals surface area contributed by atoms with Crippen LogP contribution in [0.4, 0.5) is 4.39 Å². The van der Waals surface area contributed by atoms with E-state index >= 15 is 0 Å². The Morgan fingerprint density at radius 3 is 2.94 bits per heavy atom. The number of nitrogens with two attached hydrogens (primary N) is 1. The molecule has 1 atom stereocenters. The molecule has 1 aromatic rings. The van der Waals surface area contributed by atoms with Crippen LogP contribution in [-0.2, 0) is 0 Å². The fourth-order valence-electron chi connectivity index (χ4n) is 1.19. The predicted octanol–water partition coefficient (Wildman–Crippen LogP) is 1.95. The standard InChI is InChI=1S/C11H14ClFN2O/c1-7(14)5-6-15-11(16)8-3-2-4-9(13)10(8)12/h2-4,7H,5-6,14H2,1H3,(H,15,16). The van der Waals surface area contributed by atoms with Gasteiger partial charge >= 0.3 is 0 Å². The summed E-state index contributed by atoms with van der Waals surface area (Å²) in [6, 6.07) is 4.15. The first kappa shape index (κ1) is 12.9. The van der Waals surface area contributed by atoms with E-state index in [0.29, 0.717) is 13.0 Å². The van der Waals surface area contributed by atoms with E-state index in [1.807, 2.05) is 6.92 Å². The highest BCUT2D eigenvalue weighted by atomic mass is 35.5. The summed E-state index contributed by atoms with van der Waals surface area (Å²) >= 11 is 5.67. The summed E-state index contributed by atoms with van der Waals surface area (Å²) in [5.74, 6) is -0.980. The number of halogens is 2. The topological polar surface area (TPSA) is 55.1 Å². The lowest BCUT2D eigenvalue weighted by Gasteiger charge is -2.08. The molecular weight excluding hydrogens is 231 g/mol. The molecule has 3 nitrogen and oxygen atoms in total. The molecule has 88 valence electrons. The molecular formula is C11H14ClFN2O. The molecule has 0 saturated carbocycles. The Kier molecular flexibility index (Phi) is 4.71. The first-order chi connectivity index (χ1) is 7.52. The summed E-state index contributed by atoms with van der Waals surface area (Å²) in [5, 5.41) is 2.48. The molecule has 1 rings (SSSR count). The van der Waals surface area contributed by atoms with Crippen LogP contribution in [0.15, 0.2) is 18.2 Å². The minimum Gasteiger partial charge on any atom is -0.352 e. The maximum Gasteiger partial charge on any atom is 0.252 e. The summed E-state index contributed by atoms with van der Waals surface area (Å²) in [5.41, 5.74) is 5.68. The Hall–Kier alpha value is -1.13. The average molecular weight is 245 g/mol. The number of hydrogen-bond donors (Lipinski definition) is 2. The number of nitrogens with one attached hydrogen (secondary N) is 1. The van der Waals surface area contributed by atoms with Crippen LogP contribution in [0.3, 0.4) is 0 Å². The molecule has 0 aliphatic rings. The molecule has 0 radical (unpaired) electrons. The Morgan fingerprint density at radius 2 is 2.31 bits per heavy atom. The van der Waals surface area contributed by atoms with Crippen molar-refractivity contribution in [2.24, 2.45) is 5.73 Å². The van der Waals surface area contributed by atoms with E-state index in [1.165, 1.54) is 18.2 Å². The zero-order valence-electron chi connectivity index (χ0n) is 8.97. The van der Waals surface area contributed by atoms with Gasteiger partial charge in [-0.25, -0.2) is 4.39 Å². The predicted molar refractivity (Wildman–Crippen MR) is 62.0 cm³/mol. The van der Waals surface area contributed by atoms with Gasteiger partial charge in [-0.2, -0.15) is 0 Å². The maximum atomic E-state index is 13.1. The third kappa shape index (κ3) is 3.47. The lowest BCUT2D eigenvalue weighted by Crippen LogP contribution is -2.29. The fraction of sp³-hybridized carbons (Fsp3) is 0.364. The maximum absolute atomic E-state index is 13.1. The zero-order chi connectivity index (χ0) is 12.1. The van der Waals surface area contributed by atoms with Gasteiger partial charge in [0.1, 0.15) is 5.82 Å². The molecule has 0 saturated heterocycles. The van der Waals surface area contributed by atoms with Gasteiger partial charge in [-0.3, -0.25) is 4.79 Å². The van der Waals surface area contributed by atoms with Crippen molar-refractivity contribution in [2.75, 3.05) is 6.54 Å². The first-order valence-electron chi connectivity index (χ1n) is 5.00. The van der Waals surface area contributed by atoms with Crippen LogP contribution in [0.2, 0.25) is 5.02 Å². The van der Waals surface area contributed by atoms with Gasteiger partial charge < -0.3 is 11.1 Å². The van der Waals surface area contributed by atoms with E-state index in [-0.39, 0.29) is 22.5 Å². The molecule has 0 aliphatic carbocycles. The van der Waals surface area contributed by atoms with Crippen molar-refractivity contribution in [2.45, 2.75) is 19.4 Å². The molecule has 0 aliphatic heterocycles. The van der Waals surface area contributed by atoms with Crippen molar-refractivity contribution in [1.29, 1.82) is 0 Å². The lowest BCUT2D eigenvalue weighted by atomic mass is 10.2. The van der Waals surface area contributed by atoms with Gasteiger partial charge in [0.05, 0.1) is 10.6 Å². The smallest absolute Gasteiger partial charge is 0.252 e. The molecule has 0 spiro atoms. The summed E-state index contributed by atoms with van der Waals surface area (Å²) < 4.78 is 13.1. The highest BCUT2D eigenvalue weighted by Gasteiger charge is 2.12. The Balaban J connectivity index is 2.63. The second kappa shape index (κ2) is 5.82. The molecule has 1 unspecified atom stereocenters. The molecule has 5 heteroatoms. The monoisotopic (exact) mass is 244 g/mol. The Morgan fingerprint density at radius 1 is 1.62 bits per heavy atom. The van der Waals surface area contributed by atoms with Gasteiger partial charge in [0.25, 0.3) is 5.91 Å². The van der Waals surface area contributed by atoms with Crippen molar-refractivity contribution in [3.8, 4) is 0 Å². The lowest BCUT2D eigenvalue weighted by molar-refractivity contribution is 0.0952. The second-order valence-corrected chi connectivity index (χ2v) is 4.00. The van der Waals surface area contributed by atoms with E-state index < -0.39 is 5.82 Å². The van der Waals surface area contributed by atoms with Crippen molar-refractivity contribution >= 4 is 17.5 Å². The van der Waals surface area contributed by atoms with E-state index in [1.54, 1.807) is 0 Å². The quantitative estimate of drug-likeness (QED) is 0.851. The molecule has 16 heavy (non-hydrogen) atoms. The minimum atomic E-state index is -0.596. The van der Waals surface area contributed by atoms with Crippen LogP contribution in [0, 0.1) is 5.82 Å². The third-order valence-electron chi connectivity index (χ3n) is 2.08. The molecule has 3 N–H and O–H groups in total. The number of benzene rings is 1. The average Bonchev–Trinajstić information content (AvgIpc) is 2.21. The number of carbonyl (C=O) groups is 1. The highest BCUT2D eigenvalue weighted by molar-refractivity contribution is 6.34. The number of amides is 1. The van der Waals surface area contributed by atoms with Gasteiger partial charge in [0, 0.05) is 12.6 Å². The van der Waals surface area contributed by atoms with Crippen LogP contribution in [0.5, 0.6) is 0 Å². The largest absolute Gasteiger partial charge is 0.352 e. The van der Waals surface area contributed by atoms with Crippen LogP contribution in [-0.4, -0.2) is 18.5 Å². The summed E-state index contributed by atoms with van der Waals surface area (Å²) in [4.78, 5) is 11.6. The van der Waals surface area contributed by atoms with E-state index in [4.69, 9.17) is 17.3 Å². The van der Waals surface area contributed by atoms with Gasteiger partial charge in [0.15, 0.2) is 0 Å². The van der Waals surface area contributed by atoms with E-state index in [9.17, 15) is 9.18 Å². The molecule has 0 aromatic heterocycles. The molecule has 0 bridgehead atoms. The van der Waals surface area contributed by atoms with E-state index in [2.05, 4.69) is 5.32 Å². The Bertz CT molecular complexity index is 382. The van der Waals surface area contributed by atoms with Crippen molar-refractivity contribution in [1.82, 2.24) is 5.32 Å². The van der Waals surface area contributed by atoms with Crippen LogP contribution < -0.4 is 11.1 Å². The van der Waals surface area contributed by atoms with Gasteiger partial charge in [-0.05, 0) is 25.5 Å². The van der Waals surface area contributed by atoms with Crippen molar-refractivity contribution < 1.29 is 9.18 Å². The number of rotatable bonds is 4. The Labute approximate surface area is 98.8 Å². The third-order valence-corrected chi connectivity index (χ3v) is 2.47. The molecule has 1 amide bonds. The van der Waals surface area contributed by atoms with Gasteiger partial charge in [-0.1, -0.05) is 17.7 Å². The first-order valence-corrected chi connectivity index (χ1v) is 5.38. The number of carbonyl (C=O) groups excluding carboxylic acids is 1. The fourth-order valence-corrected chi connectivity index (χ4v) is 1.40. The molecule has 0 heterocycles. The number of hydrogen-bond acceptors (Lipinski definition) is 2. The van der Waals surface area contributed by atoms with Crippen LogP contribution >= 0.6 is 11.6 Å². The van der Waals surface area contributed by atoms with Crippen molar-refractivity contribution in [3.63, 3.8) is 0 Å². The normalized spacial score (nSPS) is 12.2. The minimum absolute atomic E-state index is 0.0169. The van der Waals surface area contributed by atoms with Crippen molar-refractivity contribution in [3.05, 3.63) is 34.6 Å². The van der Waals surface area contributed by atoms with E-state index in [0.717, 1.165) is 0 Å². The van der Waals surface area contributed by atoms with Gasteiger partial charge in [-0.15, -0.1) is 0 Å². The highest BCUT2D eigenvalue weighted by Crippen LogP contribution is 2.19. The molecule has 1 aromatic carbocycles. The van der Waals surface area contributed by atoms with Crippen LogP contribution in [0.1, 0.15) is 23.7 Å². The second-order valence-electron chi connectivity index (χ2n) is 3.62. The SMILES string of the molecule is CC(N)CCNC(=O)c1cccc(F)c1Cl. The van der Waals surface area contributed by atoms with Crippen LogP contribution in [0.25, 0.3) is 0 Å². The van der Waals surface area contributed by atoms with Gasteiger partial charge in [0.2, 0.25) is 0 Å². The molecule has 0 fully saturated rings. The zero-order valence-corrected chi connectivity index (χ0v) is 9.72.